The number of benzene rings is 2. The highest BCUT2D eigenvalue weighted by Crippen LogP contribution is 2.34. The molecule has 0 atom stereocenters. The quantitative estimate of drug-likeness (QED) is 0.268. The summed E-state index contributed by atoms with van der Waals surface area (Å²) in [5, 5.41) is -0.155. The first-order chi connectivity index (χ1) is 15.3. The maximum Gasteiger partial charge on any atom is 0.346 e. The summed E-state index contributed by atoms with van der Waals surface area (Å²) < 4.78 is 55.4. The third kappa shape index (κ3) is 5.83. The van der Waals surface area contributed by atoms with Crippen LogP contribution in [0.15, 0.2) is 48.7 Å². The molecule has 0 aliphatic carbocycles. The van der Waals surface area contributed by atoms with Crippen LogP contribution >= 0.6 is 23.2 Å². The predicted molar refractivity (Wildman–Crippen MR) is 113 cm³/mol. The van der Waals surface area contributed by atoms with E-state index in [1.165, 1.54) is 6.07 Å². The molecule has 3 aromatic rings. The van der Waals surface area contributed by atoms with Crippen molar-refractivity contribution in [2.75, 3.05) is 13.3 Å². The smallest absolute Gasteiger partial charge is 0.346 e. The second-order valence-corrected chi connectivity index (χ2v) is 7.39. The predicted octanol–water partition coefficient (Wildman–Crippen LogP) is 6.53. The molecular formula is C22H16Cl2F3NO4. The van der Waals surface area contributed by atoms with Gasteiger partial charge in [-0.2, -0.15) is 0 Å². The van der Waals surface area contributed by atoms with Crippen LogP contribution in [0.1, 0.15) is 15.9 Å². The van der Waals surface area contributed by atoms with Crippen molar-refractivity contribution in [2.24, 2.45) is 0 Å². The standard InChI is InChI=1S/C22H16Cl2F3NO4/c1-12-2-4-13(5-3-12)32-22(29)16-7-17(23)20(8-19(16)27)30-14-6-18(24)21(28-11-14)31-15(9-25)10-26/h2-8,11,15H,9-10H2,1H3. The van der Waals surface area contributed by atoms with Crippen molar-refractivity contribution in [3.63, 3.8) is 0 Å². The minimum Gasteiger partial charge on any atom is -0.468 e. The monoisotopic (exact) mass is 485 g/mol. The van der Waals surface area contributed by atoms with Gasteiger partial charge in [-0.05, 0) is 25.1 Å². The number of hydrogen-bond donors (Lipinski definition) is 0. The van der Waals surface area contributed by atoms with Gasteiger partial charge in [0.25, 0.3) is 0 Å². The Morgan fingerprint density at radius 2 is 1.72 bits per heavy atom. The summed E-state index contributed by atoms with van der Waals surface area (Å²) in [7, 11) is 0. The first-order valence-electron chi connectivity index (χ1n) is 9.20. The summed E-state index contributed by atoms with van der Waals surface area (Å²) in [6, 6.07) is 9.89. The Morgan fingerprint density at radius 3 is 2.34 bits per heavy atom. The lowest BCUT2D eigenvalue weighted by Crippen LogP contribution is -2.21. The van der Waals surface area contributed by atoms with Gasteiger partial charge in [0.05, 0.1) is 16.8 Å². The fraction of sp³-hybridized carbons (Fsp3) is 0.182. The van der Waals surface area contributed by atoms with E-state index in [0.29, 0.717) is 0 Å². The van der Waals surface area contributed by atoms with Crippen molar-refractivity contribution in [2.45, 2.75) is 13.0 Å². The molecular weight excluding hydrogens is 470 g/mol. The number of aromatic nitrogens is 1. The number of carbonyl (C=O) groups is 1. The molecule has 5 nitrogen and oxygen atoms in total. The second kappa shape index (κ2) is 10.6. The van der Waals surface area contributed by atoms with Crippen LogP contribution in [0.25, 0.3) is 0 Å². The Hall–Kier alpha value is -2.97. The number of ether oxygens (including phenoxy) is 3. The van der Waals surface area contributed by atoms with Gasteiger partial charge in [0, 0.05) is 12.1 Å². The Balaban J connectivity index is 1.75. The SMILES string of the molecule is Cc1ccc(OC(=O)c2cc(Cl)c(Oc3cnc(OC(CF)CF)c(Cl)c3)cc2F)cc1. The number of aryl methyl sites for hydroxylation is 1. The molecule has 0 unspecified atom stereocenters. The molecule has 0 saturated carbocycles. The number of pyridine rings is 1. The molecule has 0 spiro atoms. The van der Waals surface area contributed by atoms with E-state index in [4.69, 9.17) is 37.4 Å². The van der Waals surface area contributed by atoms with Gasteiger partial charge in [-0.3, -0.25) is 0 Å². The van der Waals surface area contributed by atoms with Crippen LogP contribution in [0.4, 0.5) is 13.2 Å². The van der Waals surface area contributed by atoms with E-state index >= 15 is 0 Å². The fourth-order valence-corrected chi connectivity index (χ4v) is 2.87. The fourth-order valence-electron chi connectivity index (χ4n) is 2.47. The number of halogens is 5. The molecule has 1 heterocycles. The minimum atomic E-state index is -1.33. The molecule has 0 saturated heterocycles. The van der Waals surface area contributed by atoms with Crippen molar-refractivity contribution in [3.05, 3.63) is 75.7 Å². The van der Waals surface area contributed by atoms with E-state index < -0.39 is 31.2 Å². The zero-order valence-electron chi connectivity index (χ0n) is 16.6. The second-order valence-electron chi connectivity index (χ2n) is 6.57. The van der Waals surface area contributed by atoms with Gasteiger partial charge in [0.1, 0.15) is 41.4 Å². The van der Waals surface area contributed by atoms with E-state index in [1.54, 1.807) is 24.3 Å². The highest BCUT2D eigenvalue weighted by molar-refractivity contribution is 6.32. The van der Waals surface area contributed by atoms with Gasteiger partial charge in [-0.15, -0.1) is 0 Å². The number of nitrogens with zero attached hydrogens (tertiary/aromatic N) is 1. The largest absolute Gasteiger partial charge is 0.468 e. The molecule has 3 rings (SSSR count). The normalized spacial score (nSPS) is 10.8. The number of hydrogen-bond acceptors (Lipinski definition) is 5. The maximum absolute atomic E-state index is 14.5. The minimum absolute atomic E-state index is 0.0516. The van der Waals surface area contributed by atoms with E-state index in [9.17, 15) is 18.0 Å². The summed E-state index contributed by atoms with van der Waals surface area (Å²) >= 11 is 12.1. The van der Waals surface area contributed by atoms with Crippen molar-refractivity contribution >= 4 is 29.2 Å². The molecule has 168 valence electrons. The first kappa shape index (κ1) is 23.7. The highest BCUT2D eigenvalue weighted by Gasteiger charge is 2.19. The summed E-state index contributed by atoms with van der Waals surface area (Å²) in [4.78, 5) is 16.1. The third-order valence-electron chi connectivity index (χ3n) is 4.11. The lowest BCUT2D eigenvalue weighted by Gasteiger charge is -2.14. The van der Waals surface area contributed by atoms with Crippen LogP contribution in [-0.4, -0.2) is 30.4 Å². The van der Waals surface area contributed by atoms with Crippen LogP contribution in [0.5, 0.6) is 23.1 Å². The van der Waals surface area contributed by atoms with Gasteiger partial charge < -0.3 is 14.2 Å². The van der Waals surface area contributed by atoms with Crippen LogP contribution in [0.2, 0.25) is 10.0 Å². The summed E-state index contributed by atoms with van der Waals surface area (Å²) in [6.07, 6.45) is -0.176. The third-order valence-corrected chi connectivity index (χ3v) is 4.67. The molecule has 0 aliphatic heterocycles. The molecule has 0 aliphatic rings. The molecule has 10 heteroatoms. The Morgan fingerprint density at radius 1 is 1.03 bits per heavy atom. The number of carbonyl (C=O) groups excluding carboxylic acids is 1. The van der Waals surface area contributed by atoms with Gasteiger partial charge in [0.15, 0.2) is 6.10 Å². The highest BCUT2D eigenvalue weighted by atomic mass is 35.5. The Labute approximate surface area is 191 Å². The molecule has 32 heavy (non-hydrogen) atoms. The van der Waals surface area contributed by atoms with Crippen molar-refractivity contribution in [1.82, 2.24) is 4.98 Å². The molecule has 0 bridgehead atoms. The Bertz CT molecular complexity index is 1110. The van der Waals surface area contributed by atoms with E-state index in [0.717, 1.165) is 23.9 Å². The number of alkyl halides is 2. The van der Waals surface area contributed by atoms with Crippen LogP contribution in [0, 0.1) is 12.7 Å². The average molecular weight is 486 g/mol. The molecule has 0 fully saturated rings. The van der Waals surface area contributed by atoms with Gasteiger partial charge in [0.2, 0.25) is 5.88 Å². The lowest BCUT2D eigenvalue weighted by atomic mass is 10.2. The Kier molecular flexibility index (Phi) is 7.82. The van der Waals surface area contributed by atoms with Gasteiger partial charge >= 0.3 is 5.97 Å². The van der Waals surface area contributed by atoms with Crippen LogP contribution < -0.4 is 14.2 Å². The zero-order chi connectivity index (χ0) is 23.3. The zero-order valence-corrected chi connectivity index (χ0v) is 18.1. The topological polar surface area (TPSA) is 57.7 Å². The van der Waals surface area contributed by atoms with E-state index in [2.05, 4.69) is 4.98 Å². The van der Waals surface area contributed by atoms with Crippen molar-refractivity contribution in [3.8, 4) is 23.1 Å². The van der Waals surface area contributed by atoms with Crippen molar-refractivity contribution in [1.29, 1.82) is 0 Å². The molecule has 2 aromatic carbocycles. The van der Waals surface area contributed by atoms with Gasteiger partial charge in [-0.1, -0.05) is 40.9 Å². The first-order valence-corrected chi connectivity index (χ1v) is 9.96. The summed E-state index contributed by atoms with van der Waals surface area (Å²) in [5.41, 5.74) is 0.589. The van der Waals surface area contributed by atoms with Crippen LogP contribution in [-0.2, 0) is 0 Å². The number of esters is 1. The molecule has 0 radical (unpaired) electrons. The van der Waals surface area contributed by atoms with Crippen LogP contribution in [0.3, 0.4) is 0 Å². The number of rotatable bonds is 8. The van der Waals surface area contributed by atoms with Gasteiger partial charge in [-0.25, -0.2) is 22.9 Å². The maximum atomic E-state index is 14.5. The molecule has 1 aromatic heterocycles. The molecule has 0 amide bonds. The summed E-state index contributed by atoms with van der Waals surface area (Å²) in [6.45, 7) is -0.238. The van der Waals surface area contributed by atoms with Crippen molar-refractivity contribution < 1.29 is 32.2 Å². The molecule has 0 N–H and O–H groups in total. The lowest BCUT2D eigenvalue weighted by molar-refractivity contribution is 0.0730. The average Bonchev–Trinajstić information content (AvgIpc) is 2.77. The summed E-state index contributed by atoms with van der Waals surface area (Å²) in [5.74, 6) is -1.85. The van der Waals surface area contributed by atoms with E-state index in [1.807, 2.05) is 6.92 Å². The van der Waals surface area contributed by atoms with E-state index in [-0.39, 0.29) is 38.7 Å².